The summed E-state index contributed by atoms with van der Waals surface area (Å²) in [4.78, 5) is 22.1. The van der Waals surface area contributed by atoms with Crippen LogP contribution in [0.2, 0.25) is 0 Å². The average molecular weight is 433 g/mol. The van der Waals surface area contributed by atoms with Crippen LogP contribution in [0.5, 0.6) is 0 Å². The van der Waals surface area contributed by atoms with Gasteiger partial charge >= 0.3 is 6.09 Å². The number of carbonyl (C=O) groups excluding carboxylic acids is 1. The van der Waals surface area contributed by atoms with Gasteiger partial charge in [-0.2, -0.15) is 0 Å². The molecule has 0 fully saturated rings. The van der Waals surface area contributed by atoms with Crippen molar-refractivity contribution >= 4 is 28.8 Å². The van der Waals surface area contributed by atoms with Crippen molar-refractivity contribution in [2.45, 2.75) is 37.5 Å². The minimum atomic E-state index is -0.562. The van der Waals surface area contributed by atoms with Crippen molar-refractivity contribution < 1.29 is 14.6 Å². The Morgan fingerprint density at radius 3 is 2.55 bits per heavy atom. The predicted octanol–water partition coefficient (Wildman–Crippen LogP) is 3.13. The highest BCUT2D eigenvalue weighted by atomic mass is 32.1. The standard InChI is InChI=1S/C20H24N4O3S2/c21-17(19(18-9-23-13-29-18)14-4-2-1-3-5-14)7-6-15(10-25)24-20(26)27-11-16-8-22-12-28-16/h1-5,8-9,12-13,15,17,19,25H,6-7,10-11,21H2,(H,24,26). The third-order valence-electron chi connectivity index (χ3n) is 4.56. The summed E-state index contributed by atoms with van der Waals surface area (Å²) in [7, 11) is 0. The van der Waals surface area contributed by atoms with Gasteiger partial charge in [0.15, 0.2) is 0 Å². The number of aliphatic hydroxyl groups excluding tert-OH is 1. The van der Waals surface area contributed by atoms with Crippen LogP contribution in [-0.2, 0) is 11.3 Å². The second kappa shape index (κ2) is 11.0. The fraction of sp³-hybridized carbons (Fsp3) is 0.350. The number of thiazole rings is 2. The number of aliphatic hydroxyl groups is 1. The molecule has 3 rings (SSSR count). The summed E-state index contributed by atoms with van der Waals surface area (Å²) in [6.45, 7) is -0.0193. The average Bonchev–Trinajstić information content (AvgIpc) is 3.45. The topological polar surface area (TPSA) is 110 Å². The molecule has 0 aliphatic carbocycles. The minimum absolute atomic E-state index is 0.0151. The molecule has 0 saturated heterocycles. The van der Waals surface area contributed by atoms with Crippen LogP contribution >= 0.6 is 22.7 Å². The smallest absolute Gasteiger partial charge is 0.407 e. The van der Waals surface area contributed by atoms with Crippen molar-refractivity contribution in [1.82, 2.24) is 15.3 Å². The number of nitrogens with one attached hydrogen (secondary N) is 1. The van der Waals surface area contributed by atoms with Gasteiger partial charge in [-0.1, -0.05) is 30.3 Å². The highest BCUT2D eigenvalue weighted by molar-refractivity contribution is 7.09. The molecule has 29 heavy (non-hydrogen) atoms. The van der Waals surface area contributed by atoms with E-state index in [1.807, 2.05) is 24.4 Å². The van der Waals surface area contributed by atoms with E-state index < -0.39 is 12.1 Å². The zero-order valence-corrected chi connectivity index (χ0v) is 17.4. The molecule has 154 valence electrons. The van der Waals surface area contributed by atoms with Crippen LogP contribution in [0.4, 0.5) is 4.79 Å². The summed E-state index contributed by atoms with van der Waals surface area (Å²) in [6, 6.07) is 9.48. The van der Waals surface area contributed by atoms with E-state index >= 15 is 0 Å². The third kappa shape index (κ3) is 6.33. The lowest BCUT2D eigenvalue weighted by molar-refractivity contribution is 0.128. The fourth-order valence-corrected chi connectivity index (χ4v) is 4.42. The second-order valence-electron chi connectivity index (χ2n) is 6.60. The maximum Gasteiger partial charge on any atom is 0.407 e. The number of ether oxygens (including phenoxy) is 1. The fourth-order valence-electron chi connectivity index (χ4n) is 3.09. The molecule has 3 aromatic rings. The van der Waals surface area contributed by atoms with Crippen molar-refractivity contribution in [3.05, 3.63) is 69.1 Å². The zero-order chi connectivity index (χ0) is 20.5. The van der Waals surface area contributed by atoms with Gasteiger partial charge in [0.2, 0.25) is 0 Å². The minimum Gasteiger partial charge on any atom is -0.444 e. The lowest BCUT2D eigenvalue weighted by Gasteiger charge is -2.25. The lowest BCUT2D eigenvalue weighted by atomic mass is 9.87. The Bertz CT molecular complexity index is 844. The van der Waals surface area contributed by atoms with Gasteiger partial charge < -0.3 is 20.9 Å². The van der Waals surface area contributed by atoms with E-state index in [2.05, 4.69) is 27.4 Å². The number of hydrogen-bond acceptors (Lipinski definition) is 8. The molecule has 1 amide bonds. The molecule has 4 N–H and O–H groups in total. The molecule has 3 unspecified atom stereocenters. The first-order chi connectivity index (χ1) is 14.2. The molecule has 0 bridgehead atoms. The Labute approximate surface area is 177 Å². The molecule has 9 heteroatoms. The second-order valence-corrected chi connectivity index (χ2v) is 8.49. The summed E-state index contributed by atoms with van der Waals surface area (Å²) in [6.07, 6.45) is 4.10. The van der Waals surface area contributed by atoms with Crippen molar-refractivity contribution in [3.8, 4) is 0 Å². The van der Waals surface area contributed by atoms with Crippen molar-refractivity contribution in [1.29, 1.82) is 0 Å². The molecule has 0 saturated carbocycles. The summed E-state index contributed by atoms with van der Waals surface area (Å²) >= 11 is 2.99. The number of alkyl carbamates (subject to hydrolysis) is 1. The Kier molecular flexibility index (Phi) is 8.12. The molecule has 1 aromatic carbocycles. The summed E-state index contributed by atoms with van der Waals surface area (Å²) < 4.78 is 5.17. The SMILES string of the molecule is NC(CCC(CO)NC(=O)OCc1cncs1)C(c1ccccc1)c1cncs1. The highest BCUT2D eigenvalue weighted by Gasteiger charge is 2.24. The molecule has 0 aliphatic heterocycles. The number of benzene rings is 1. The van der Waals surface area contributed by atoms with Gasteiger partial charge in [0.05, 0.1) is 28.5 Å². The largest absolute Gasteiger partial charge is 0.444 e. The molecular weight excluding hydrogens is 408 g/mol. The number of carbonyl (C=O) groups is 1. The molecule has 0 spiro atoms. The van der Waals surface area contributed by atoms with Crippen LogP contribution in [-0.4, -0.2) is 39.9 Å². The van der Waals surface area contributed by atoms with Gasteiger partial charge in [0, 0.05) is 29.2 Å². The van der Waals surface area contributed by atoms with Gasteiger partial charge in [-0.15, -0.1) is 22.7 Å². The molecule has 0 aliphatic rings. The number of rotatable bonds is 10. The van der Waals surface area contributed by atoms with E-state index in [0.717, 1.165) is 15.3 Å². The molecule has 2 heterocycles. The summed E-state index contributed by atoms with van der Waals surface area (Å²) in [5, 5.41) is 12.4. The van der Waals surface area contributed by atoms with Crippen LogP contribution in [0.1, 0.15) is 34.1 Å². The lowest BCUT2D eigenvalue weighted by Crippen LogP contribution is -2.39. The first-order valence-corrected chi connectivity index (χ1v) is 11.0. The van der Waals surface area contributed by atoms with Crippen LogP contribution < -0.4 is 11.1 Å². The van der Waals surface area contributed by atoms with Gasteiger partial charge in [-0.25, -0.2) is 4.79 Å². The first kappa shape index (κ1) is 21.4. The van der Waals surface area contributed by atoms with E-state index in [-0.39, 0.29) is 25.2 Å². The van der Waals surface area contributed by atoms with Crippen LogP contribution in [0, 0.1) is 0 Å². The first-order valence-electron chi connectivity index (χ1n) is 9.27. The highest BCUT2D eigenvalue weighted by Crippen LogP contribution is 2.31. The van der Waals surface area contributed by atoms with Crippen LogP contribution in [0.15, 0.2) is 53.7 Å². The Morgan fingerprint density at radius 2 is 1.90 bits per heavy atom. The molecular formula is C20H24N4O3S2. The van der Waals surface area contributed by atoms with E-state index in [1.165, 1.54) is 11.3 Å². The predicted molar refractivity (Wildman–Crippen MR) is 114 cm³/mol. The number of hydrogen-bond donors (Lipinski definition) is 3. The van der Waals surface area contributed by atoms with E-state index in [4.69, 9.17) is 10.5 Å². The summed E-state index contributed by atoms with van der Waals surface area (Å²) in [5.41, 5.74) is 11.2. The Balaban J connectivity index is 1.55. The quantitative estimate of drug-likeness (QED) is 0.454. The number of aromatic nitrogens is 2. The van der Waals surface area contributed by atoms with Gasteiger partial charge in [-0.3, -0.25) is 9.97 Å². The van der Waals surface area contributed by atoms with Crippen molar-refractivity contribution in [2.24, 2.45) is 5.73 Å². The Hall–Kier alpha value is -2.33. The van der Waals surface area contributed by atoms with Gasteiger partial charge in [-0.05, 0) is 18.4 Å². The van der Waals surface area contributed by atoms with E-state index in [0.29, 0.717) is 12.8 Å². The number of nitrogens with zero attached hydrogens (tertiary/aromatic N) is 2. The zero-order valence-electron chi connectivity index (χ0n) is 15.8. The molecule has 3 atom stereocenters. The van der Waals surface area contributed by atoms with Gasteiger partial charge in [0.25, 0.3) is 0 Å². The van der Waals surface area contributed by atoms with Crippen LogP contribution in [0.3, 0.4) is 0 Å². The molecule has 2 aromatic heterocycles. The number of amides is 1. The monoisotopic (exact) mass is 432 g/mol. The summed E-state index contributed by atoms with van der Waals surface area (Å²) in [5.74, 6) is 0.0151. The number of nitrogens with two attached hydrogens (primary N) is 1. The van der Waals surface area contributed by atoms with Crippen molar-refractivity contribution in [2.75, 3.05) is 6.61 Å². The van der Waals surface area contributed by atoms with Crippen LogP contribution in [0.25, 0.3) is 0 Å². The van der Waals surface area contributed by atoms with E-state index in [9.17, 15) is 9.90 Å². The molecule has 7 nitrogen and oxygen atoms in total. The maximum absolute atomic E-state index is 12.0. The third-order valence-corrected chi connectivity index (χ3v) is 6.18. The molecule has 0 radical (unpaired) electrons. The van der Waals surface area contributed by atoms with Crippen molar-refractivity contribution in [3.63, 3.8) is 0 Å². The Morgan fingerprint density at radius 1 is 1.14 bits per heavy atom. The normalized spacial score (nSPS) is 14.1. The maximum atomic E-state index is 12.0. The van der Waals surface area contributed by atoms with E-state index in [1.54, 1.807) is 28.6 Å². The van der Waals surface area contributed by atoms with Gasteiger partial charge in [0.1, 0.15) is 6.61 Å².